The smallest absolute Gasteiger partial charge is 0.251 e. The average molecular weight is 364 g/mol. The first-order chi connectivity index (χ1) is 12.6. The molecule has 7 heteroatoms. The van der Waals surface area contributed by atoms with Crippen LogP contribution in [-0.2, 0) is 6.54 Å². The van der Waals surface area contributed by atoms with Gasteiger partial charge in [0.1, 0.15) is 10.8 Å². The Morgan fingerprint density at radius 1 is 1.27 bits per heavy atom. The number of nitrogens with zero attached hydrogens (tertiary/aromatic N) is 3. The molecule has 1 N–H and O–H groups in total. The Hall–Kier alpha value is -3.06. The Labute approximate surface area is 153 Å². The number of pyridine rings is 1. The van der Waals surface area contributed by atoms with Crippen molar-refractivity contribution in [2.24, 2.45) is 0 Å². The summed E-state index contributed by atoms with van der Waals surface area (Å²) in [6, 6.07) is 9.30. The average Bonchev–Trinajstić information content (AvgIpc) is 3.22. The van der Waals surface area contributed by atoms with Gasteiger partial charge in [0.15, 0.2) is 0 Å². The Morgan fingerprint density at radius 3 is 2.88 bits per heavy atom. The largest absolute Gasteiger partial charge is 0.361 e. The zero-order chi connectivity index (χ0) is 18.1. The minimum Gasteiger partial charge on any atom is -0.361 e. The molecule has 0 aliphatic rings. The molecule has 0 aliphatic carbocycles. The summed E-state index contributed by atoms with van der Waals surface area (Å²) in [5.41, 5.74) is 4.16. The summed E-state index contributed by atoms with van der Waals surface area (Å²) in [5, 5.41) is 7.75. The second-order valence-electron chi connectivity index (χ2n) is 5.94. The molecule has 4 rings (SSSR count). The van der Waals surface area contributed by atoms with E-state index < -0.39 is 0 Å². The molecule has 3 heterocycles. The molecular weight excluding hydrogens is 348 g/mol. The summed E-state index contributed by atoms with van der Waals surface area (Å²) in [6.07, 6.45) is 3.45. The number of benzene rings is 1. The molecule has 4 aromatic rings. The molecule has 0 saturated carbocycles. The minimum atomic E-state index is -0.122. The molecule has 1 amide bonds. The number of nitrogens with one attached hydrogen (secondary N) is 1. The maximum atomic E-state index is 12.4. The van der Waals surface area contributed by atoms with Crippen LogP contribution in [0.3, 0.4) is 0 Å². The maximum absolute atomic E-state index is 12.4. The van der Waals surface area contributed by atoms with Crippen molar-refractivity contribution in [2.45, 2.75) is 20.4 Å². The van der Waals surface area contributed by atoms with E-state index in [1.54, 1.807) is 18.5 Å². The lowest BCUT2D eigenvalue weighted by molar-refractivity contribution is 0.0951. The minimum absolute atomic E-state index is 0.122. The number of rotatable bonds is 4. The fourth-order valence-corrected chi connectivity index (χ4v) is 3.90. The van der Waals surface area contributed by atoms with Gasteiger partial charge in [0, 0.05) is 24.5 Å². The monoisotopic (exact) mass is 364 g/mol. The first kappa shape index (κ1) is 16.4. The first-order valence-electron chi connectivity index (χ1n) is 8.13. The molecule has 6 nitrogen and oxygen atoms in total. The standard InChI is InChI=1S/C19H16N4O2S/c1-11-17(12(2)25-23-11)19-22-15-6-5-14(8-16(15)26-19)18(24)21-10-13-4-3-7-20-9-13/h3-9H,10H2,1-2H3,(H,21,24). The van der Waals surface area contributed by atoms with E-state index in [1.807, 2.05) is 38.1 Å². The van der Waals surface area contributed by atoms with Crippen molar-refractivity contribution in [3.63, 3.8) is 0 Å². The molecule has 0 unspecified atom stereocenters. The number of hydrogen-bond acceptors (Lipinski definition) is 6. The SMILES string of the molecule is Cc1noc(C)c1-c1nc2ccc(C(=O)NCc3cccnc3)cc2s1. The van der Waals surface area contributed by atoms with Crippen LogP contribution in [0.2, 0.25) is 0 Å². The first-order valence-corrected chi connectivity index (χ1v) is 8.94. The van der Waals surface area contributed by atoms with Gasteiger partial charge in [-0.3, -0.25) is 9.78 Å². The van der Waals surface area contributed by atoms with Gasteiger partial charge in [0.2, 0.25) is 0 Å². The number of carbonyl (C=O) groups is 1. The van der Waals surface area contributed by atoms with Crippen molar-refractivity contribution < 1.29 is 9.32 Å². The molecule has 0 aliphatic heterocycles. The van der Waals surface area contributed by atoms with E-state index in [2.05, 4.69) is 20.4 Å². The summed E-state index contributed by atoms with van der Waals surface area (Å²) in [7, 11) is 0. The van der Waals surface area contributed by atoms with Crippen LogP contribution >= 0.6 is 11.3 Å². The zero-order valence-electron chi connectivity index (χ0n) is 14.3. The van der Waals surface area contributed by atoms with E-state index in [0.29, 0.717) is 12.1 Å². The van der Waals surface area contributed by atoms with Crippen LogP contribution in [-0.4, -0.2) is 21.0 Å². The highest BCUT2D eigenvalue weighted by Crippen LogP contribution is 2.34. The maximum Gasteiger partial charge on any atom is 0.251 e. The highest BCUT2D eigenvalue weighted by molar-refractivity contribution is 7.21. The number of thiazole rings is 1. The lowest BCUT2D eigenvalue weighted by Gasteiger charge is -2.04. The number of aromatic nitrogens is 3. The van der Waals surface area contributed by atoms with Crippen LogP contribution in [0.15, 0.2) is 47.2 Å². The van der Waals surface area contributed by atoms with Crippen LogP contribution in [0.4, 0.5) is 0 Å². The van der Waals surface area contributed by atoms with Gasteiger partial charge >= 0.3 is 0 Å². The van der Waals surface area contributed by atoms with Crippen molar-refractivity contribution in [2.75, 3.05) is 0 Å². The van der Waals surface area contributed by atoms with E-state index >= 15 is 0 Å². The topological polar surface area (TPSA) is 80.9 Å². The van der Waals surface area contributed by atoms with Gasteiger partial charge in [-0.05, 0) is 43.7 Å². The normalized spacial score (nSPS) is 11.0. The van der Waals surface area contributed by atoms with Crippen molar-refractivity contribution in [3.05, 3.63) is 65.3 Å². The van der Waals surface area contributed by atoms with E-state index in [1.165, 1.54) is 11.3 Å². The fourth-order valence-electron chi connectivity index (χ4n) is 2.75. The van der Waals surface area contributed by atoms with Gasteiger partial charge in [0.05, 0.1) is 21.5 Å². The van der Waals surface area contributed by atoms with E-state index in [9.17, 15) is 4.79 Å². The van der Waals surface area contributed by atoms with Gasteiger partial charge in [-0.2, -0.15) is 0 Å². The summed E-state index contributed by atoms with van der Waals surface area (Å²) in [6.45, 7) is 4.21. The van der Waals surface area contributed by atoms with Gasteiger partial charge < -0.3 is 9.84 Å². The number of hydrogen-bond donors (Lipinski definition) is 1. The van der Waals surface area contributed by atoms with Crippen LogP contribution in [0.25, 0.3) is 20.8 Å². The Kier molecular flexibility index (Phi) is 4.22. The Morgan fingerprint density at radius 2 is 2.15 bits per heavy atom. The van der Waals surface area contributed by atoms with E-state index in [4.69, 9.17) is 4.52 Å². The van der Waals surface area contributed by atoms with Crippen LogP contribution in [0, 0.1) is 13.8 Å². The number of amides is 1. The van der Waals surface area contributed by atoms with Crippen LogP contribution < -0.4 is 5.32 Å². The highest BCUT2D eigenvalue weighted by Gasteiger charge is 2.16. The Balaban J connectivity index is 1.58. The summed E-state index contributed by atoms with van der Waals surface area (Å²) < 4.78 is 6.18. The molecule has 1 aromatic carbocycles. The van der Waals surface area contributed by atoms with E-state index in [-0.39, 0.29) is 5.91 Å². The molecule has 0 atom stereocenters. The molecule has 130 valence electrons. The van der Waals surface area contributed by atoms with Gasteiger partial charge in [0.25, 0.3) is 5.91 Å². The van der Waals surface area contributed by atoms with Gasteiger partial charge in [-0.25, -0.2) is 4.98 Å². The second kappa shape index (κ2) is 6.68. The lowest BCUT2D eigenvalue weighted by atomic mass is 10.2. The third kappa shape index (κ3) is 3.09. The summed E-state index contributed by atoms with van der Waals surface area (Å²) >= 11 is 1.53. The number of carbonyl (C=O) groups excluding carboxylic acids is 1. The molecule has 0 radical (unpaired) electrons. The van der Waals surface area contributed by atoms with E-state index in [0.717, 1.165) is 37.8 Å². The lowest BCUT2D eigenvalue weighted by Crippen LogP contribution is -2.22. The van der Waals surface area contributed by atoms with Gasteiger partial charge in [-0.15, -0.1) is 11.3 Å². The third-order valence-electron chi connectivity index (χ3n) is 4.07. The van der Waals surface area contributed by atoms with Crippen molar-refractivity contribution in [3.8, 4) is 10.6 Å². The predicted molar refractivity (Wildman–Crippen MR) is 100.0 cm³/mol. The predicted octanol–water partition coefficient (Wildman–Crippen LogP) is 3.89. The Bertz CT molecular complexity index is 1070. The fraction of sp³-hybridized carbons (Fsp3) is 0.158. The molecule has 3 aromatic heterocycles. The number of fused-ring (bicyclic) bond motifs is 1. The van der Waals surface area contributed by atoms with Gasteiger partial charge in [-0.1, -0.05) is 11.2 Å². The summed E-state index contributed by atoms with van der Waals surface area (Å²) in [5.74, 6) is 0.624. The molecule has 26 heavy (non-hydrogen) atoms. The van der Waals surface area contributed by atoms with Crippen molar-refractivity contribution >= 4 is 27.5 Å². The third-order valence-corrected chi connectivity index (χ3v) is 5.11. The zero-order valence-corrected chi connectivity index (χ0v) is 15.1. The summed E-state index contributed by atoms with van der Waals surface area (Å²) in [4.78, 5) is 21.1. The second-order valence-corrected chi connectivity index (χ2v) is 6.98. The molecular formula is C19H16N4O2S. The molecule has 0 bridgehead atoms. The molecule has 0 saturated heterocycles. The van der Waals surface area contributed by atoms with Crippen LogP contribution in [0.1, 0.15) is 27.4 Å². The molecule has 0 spiro atoms. The molecule has 0 fully saturated rings. The van der Waals surface area contributed by atoms with Crippen molar-refractivity contribution in [1.82, 2.24) is 20.4 Å². The van der Waals surface area contributed by atoms with Crippen LogP contribution in [0.5, 0.6) is 0 Å². The highest BCUT2D eigenvalue weighted by atomic mass is 32.1. The quantitative estimate of drug-likeness (QED) is 0.594. The number of aryl methyl sites for hydroxylation is 2. The van der Waals surface area contributed by atoms with Crippen molar-refractivity contribution in [1.29, 1.82) is 0 Å².